The first-order valence-electron chi connectivity index (χ1n) is 7.67. The Morgan fingerprint density at radius 2 is 1.83 bits per heavy atom. The largest absolute Gasteiger partial charge is 0.508 e. The van der Waals surface area contributed by atoms with Gasteiger partial charge in [0.1, 0.15) is 17.2 Å². The van der Waals surface area contributed by atoms with Gasteiger partial charge in [0.2, 0.25) is 0 Å². The molecule has 0 saturated carbocycles. The van der Waals surface area contributed by atoms with E-state index in [0.29, 0.717) is 11.5 Å². The van der Waals surface area contributed by atoms with Crippen molar-refractivity contribution in [3.05, 3.63) is 40.1 Å². The molecule has 1 aliphatic heterocycles. The Morgan fingerprint density at radius 3 is 2.35 bits per heavy atom. The third-order valence-electron chi connectivity index (χ3n) is 4.13. The molecule has 3 rings (SSSR count). The number of aromatic hydroxyl groups is 1. The van der Waals surface area contributed by atoms with Crippen LogP contribution >= 0.6 is 11.3 Å². The zero-order valence-electron chi connectivity index (χ0n) is 13.4. The Bertz CT molecular complexity index is 614. The summed E-state index contributed by atoms with van der Waals surface area (Å²) in [7, 11) is 3.25. The highest BCUT2D eigenvalue weighted by atomic mass is 32.1. The zero-order valence-corrected chi connectivity index (χ0v) is 14.2. The number of methoxy groups -OCH3 is 2. The second-order valence-corrected chi connectivity index (χ2v) is 6.45. The van der Waals surface area contributed by atoms with E-state index in [2.05, 4.69) is 27.7 Å². The van der Waals surface area contributed by atoms with E-state index in [-0.39, 0.29) is 11.8 Å². The molecule has 0 amide bonds. The quantitative estimate of drug-likeness (QED) is 0.880. The second-order valence-electron chi connectivity index (χ2n) is 5.47. The number of phenolic OH excluding ortho intramolecular Hbond substituents is 1. The molecule has 124 valence electrons. The maximum atomic E-state index is 9.92. The summed E-state index contributed by atoms with van der Waals surface area (Å²) in [5.41, 5.74) is 0.970. The molecule has 0 radical (unpaired) electrons. The summed E-state index contributed by atoms with van der Waals surface area (Å²) in [6, 6.07) is 7.57. The third kappa shape index (κ3) is 3.29. The highest BCUT2D eigenvalue weighted by Crippen LogP contribution is 2.44. The summed E-state index contributed by atoms with van der Waals surface area (Å²) in [4.78, 5) is 3.67. The van der Waals surface area contributed by atoms with Crippen LogP contribution in [0.15, 0.2) is 29.6 Å². The van der Waals surface area contributed by atoms with E-state index in [1.165, 1.54) is 4.88 Å². The molecule has 1 atom stereocenters. The number of nitrogens with one attached hydrogen (secondary N) is 1. The lowest BCUT2D eigenvalue weighted by Gasteiger charge is -2.36. The van der Waals surface area contributed by atoms with Crippen molar-refractivity contribution in [3.63, 3.8) is 0 Å². The maximum absolute atomic E-state index is 9.92. The fourth-order valence-electron chi connectivity index (χ4n) is 3.09. The normalized spacial score (nSPS) is 17.0. The van der Waals surface area contributed by atoms with Crippen LogP contribution in [0, 0.1) is 0 Å². The van der Waals surface area contributed by atoms with Crippen LogP contribution in [-0.4, -0.2) is 50.4 Å². The smallest absolute Gasteiger partial charge is 0.131 e. The van der Waals surface area contributed by atoms with Gasteiger partial charge in [0.15, 0.2) is 0 Å². The number of nitrogens with zero attached hydrogens (tertiary/aromatic N) is 1. The number of ether oxygens (including phenoxy) is 2. The zero-order chi connectivity index (χ0) is 16.2. The van der Waals surface area contributed by atoms with Crippen LogP contribution in [0.5, 0.6) is 17.2 Å². The Labute approximate surface area is 140 Å². The van der Waals surface area contributed by atoms with Crippen molar-refractivity contribution in [1.29, 1.82) is 0 Å². The predicted octanol–water partition coefficient (Wildman–Crippen LogP) is 2.47. The van der Waals surface area contributed by atoms with Gasteiger partial charge in [0.25, 0.3) is 0 Å². The molecular weight excluding hydrogens is 312 g/mol. The molecule has 0 aliphatic carbocycles. The van der Waals surface area contributed by atoms with Crippen LogP contribution in [-0.2, 0) is 0 Å². The van der Waals surface area contributed by atoms with E-state index in [1.54, 1.807) is 37.7 Å². The average Bonchev–Trinajstić information content (AvgIpc) is 3.11. The first kappa shape index (κ1) is 16.1. The topological polar surface area (TPSA) is 54.0 Å². The van der Waals surface area contributed by atoms with Crippen LogP contribution in [0.4, 0.5) is 0 Å². The lowest BCUT2D eigenvalue weighted by Crippen LogP contribution is -2.45. The van der Waals surface area contributed by atoms with Crippen molar-refractivity contribution >= 4 is 11.3 Å². The minimum absolute atomic E-state index is 0.0580. The van der Waals surface area contributed by atoms with Gasteiger partial charge in [0.05, 0.1) is 25.8 Å². The Kier molecular flexibility index (Phi) is 5.05. The molecule has 1 aromatic heterocycles. The lowest BCUT2D eigenvalue weighted by molar-refractivity contribution is 0.194. The van der Waals surface area contributed by atoms with Crippen LogP contribution in [0.25, 0.3) is 0 Å². The molecule has 1 aliphatic rings. The lowest BCUT2D eigenvalue weighted by atomic mass is 10.00. The van der Waals surface area contributed by atoms with Crippen LogP contribution in [0.2, 0.25) is 0 Å². The fourth-order valence-corrected chi connectivity index (χ4v) is 3.95. The van der Waals surface area contributed by atoms with Gasteiger partial charge in [-0.05, 0) is 11.4 Å². The van der Waals surface area contributed by atoms with Gasteiger partial charge in [-0.25, -0.2) is 0 Å². The highest BCUT2D eigenvalue weighted by Gasteiger charge is 2.30. The Balaban J connectivity index is 2.12. The summed E-state index contributed by atoms with van der Waals surface area (Å²) < 4.78 is 11.1. The van der Waals surface area contributed by atoms with Gasteiger partial charge in [-0.1, -0.05) is 6.07 Å². The molecule has 1 fully saturated rings. The average molecular weight is 334 g/mol. The molecule has 2 heterocycles. The van der Waals surface area contributed by atoms with Gasteiger partial charge >= 0.3 is 0 Å². The maximum Gasteiger partial charge on any atom is 0.131 e. The minimum Gasteiger partial charge on any atom is -0.508 e. The second kappa shape index (κ2) is 7.21. The molecule has 2 N–H and O–H groups in total. The van der Waals surface area contributed by atoms with E-state index < -0.39 is 0 Å². The molecule has 1 saturated heterocycles. The van der Waals surface area contributed by atoms with Gasteiger partial charge in [-0.2, -0.15) is 0 Å². The molecule has 6 heteroatoms. The van der Waals surface area contributed by atoms with E-state index in [4.69, 9.17) is 9.47 Å². The van der Waals surface area contributed by atoms with Crippen LogP contribution in [0.3, 0.4) is 0 Å². The molecule has 0 unspecified atom stereocenters. The number of hydrogen-bond donors (Lipinski definition) is 2. The van der Waals surface area contributed by atoms with E-state index in [9.17, 15) is 5.11 Å². The van der Waals surface area contributed by atoms with Crippen molar-refractivity contribution in [2.45, 2.75) is 6.04 Å². The molecule has 5 nitrogen and oxygen atoms in total. The van der Waals surface area contributed by atoms with E-state index in [1.807, 2.05) is 0 Å². The van der Waals surface area contributed by atoms with E-state index in [0.717, 1.165) is 31.7 Å². The SMILES string of the molecule is COc1cc(O)cc(OC)c1[C@H](c1cccs1)N1CCNCC1. The first-order valence-corrected chi connectivity index (χ1v) is 8.55. The van der Waals surface area contributed by atoms with Crippen molar-refractivity contribution < 1.29 is 14.6 Å². The number of thiophene rings is 1. The fraction of sp³-hybridized carbons (Fsp3) is 0.412. The molecular formula is C17H22N2O3S. The summed E-state index contributed by atoms with van der Waals surface area (Å²) in [6.07, 6.45) is 0. The molecule has 23 heavy (non-hydrogen) atoms. The number of hydrogen-bond acceptors (Lipinski definition) is 6. The summed E-state index contributed by atoms with van der Waals surface area (Å²) >= 11 is 1.73. The van der Waals surface area contributed by atoms with Gasteiger partial charge in [-0.3, -0.25) is 4.90 Å². The number of phenols is 1. The predicted molar refractivity (Wildman–Crippen MR) is 91.8 cm³/mol. The standard InChI is InChI=1S/C17H22N2O3S/c1-21-13-10-12(20)11-14(22-2)16(13)17(15-4-3-9-23-15)19-7-5-18-6-8-19/h3-4,9-11,17-18,20H,5-8H2,1-2H3/t17-/m0/s1. The van der Waals surface area contributed by atoms with Crippen molar-refractivity contribution in [2.24, 2.45) is 0 Å². The van der Waals surface area contributed by atoms with Gasteiger partial charge in [-0.15, -0.1) is 11.3 Å². The van der Waals surface area contributed by atoms with E-state index >= 15 is 0 Å². The molecule has 0 bridgehead atoms. The van der Waals surface area contributed by atoms with Crippen molar-refractivity contribution in [1.82, 2.24) is 10.2 Å². The van der Waals surface area contributed by atoms with Gasteiger partial charge in [0, 0.05) is 43.2 Å². The van der Waals surface area contributed by atoms with Gasteiger partial charge < -0.3 is 19.9 Å². The summed E-state index contributed by atoms with van der Waals surface area (Å²) in [5, 5.41) is 15.4. The number of benzene rings is 1. The Hall–Kier alpha value is -1.76. The number of piperazine rings is 1. The molecule has 1 aromatic carbocycles. The molecule has 2 aromatic rings. The summed E-state index contributed by atoms with van der Waals surface area (Å²) in [5.74, 6) is 1.45. The Morgan fingerprint density at radius 1 is 1.17 bits per heavy atom. The molecule has 0 spiro atoms. The minimum atomic E-state index is 0.0580. The van der Waals surface area contributed by atoms with Crippen molar-refractivity contribution in [2.75, 3.05) is 40.4 Å². The first-order chi connectivity index (χ1) is 11.2. The highest BCUT2D eigenvalue weighted by molar-refractivity contribution is 7.10. The van der Waals surface area contributed by atoms with Crippen LogP contribution < -0.4 is 14.8 Å². The van der Waals surface area contributed by atoms with Crippen molar-refractivity contribution in [3.8, 4) is 17.2 Å². The third-order valence-corrected chi connectivity index (χ3v) is 5.06. The van der Waals surface area contributed by atoms with Crippen LogP contribution in [0.1, 0.15) is 16.5 Å². The monoisotopic (exact) mass is 334 g/mol. The summed E-state index contributed by atoms with van der Waals surface area (Å²) in [6.45, 7) is 3.83. The number of rotatable bonds is 5.